The summed E-state index contributed by atoms with van der Waals surface area (Å²) >= 11 is 0. The van der Waals surface area contributed by atoms with E-state index in [9.17, 15) is 22.4 Å². The standard InChI is InChI=1S/C17H19F4NO2/c18-16(19)24-12-5-3-10(4-6-12)13-8-14(13)22-15(23)11-2-1-7-17(20,21)9-11/h3-6,11,13-14,16H,1-2,7-9H2,(H,22,23)/t11?,13-,14+/m0/s1. The number of rotatable bonds is 5. The molecule has 7 heteroatoms. The lowest BCUT2D eigenvalue weighted by atomic mass is 9.86. The van der Waals surface area contributed by atoms with Crippen LogP contribution in [0.2, 0.25) is 0 Å². The van der Waals surface area contributed by atoms with Crippen LogP contribution < -0.4 is 10.1 Å². The summed E-state index contributed by atoms with van der Waals surface area (Å²) < 4.78 is 55.3. The van der Waals surface area contributed by atoms with Gasteiger partial charge < -0.3 is 10.1 Å². The second-order valence-electron chi connectivity index (χ2n) is 6.55. The number of hydrogen-bond acceptors (Lipinski definition) is 2. The van der Waals surface area contributed by atoms with Gasteiger partial charge in [-0.05, 0) is 37.0 Å². The van der Waals surface area contributed by atoms with E-state index in [0.29, 0.717) is 12.8 Å². The van der Waals surface area contributed by atoms with Crippen LogP contribution in [-0.2, 0) is 4.79 Å². The monoisotopic (exact) mass is 345 g/mol. The molecule has 0 spiro atoms. The Bertz CT molecular complexity index is 591. The second-order valence-corrected chi connectivity index (χ2v) is 6.55. The molecular formula is C17H19F4NO2. The molecule has 3 rings (SSSR count). The highest BCUT2D eigenvalue weighted by Gasteiger charge is 2.43. The van der Waals surface area contributed by atoms with E-state index in [-0.39, 0.29) is 36.5 Å². The number of carbonyl (C=O) groups is 1. The maximum Gasteiger partial charge on any atom is 0.387 e. The van der Waals surface area contributed by atoms with E-state index in [4.69, 9.17) is 0 Å². The van der Waals surface area contributed by atoms with Crippen LogP contribution in [-0.4, -0.2) is 24.5 Å². The molecule has 3 nitrogen and oxygen atoms in total. The van der Waals surface area contributed by atoms with Crippen molar-refractivity contribution >= 4 is 5.91 Å². The normalized spacial score (nSPS) is 28.5. The number of carbonyl (C=O) groups excluding carboxylic acids is 1. The maximum atomic E-state index is 13.4. The molecule has 0 bridgehead atoms. The fourth-order valence-electron chi connectivity index (χ4n) is 3.32. The number of benzene rings is 1. The van der Waals surface area contributed by atoms with Crippen LogP contribution >= 0.6 is 0 Å². The zero-order valence-electron chi connectivity index (χ0n) is 13.0. The number of alkyl halides is 4. The maximum absolute atomic E-state index is 13.4. The summed E-state index contributed by atoms with van der Waals surface area (Å²) in [7, 11) is 0. The molecule has 0 radical (unpaired) electrons. The van der Waals surface area contributed by atoms with E-state index < -0.39 is 18.5 Å². The molecule has 1 N–H and O–H groups in total. The first-order chi connectivity index (χ1) is 11.3. The van der Waals surface area contributed by atoms with Crippen LogP contribution in [0.1, 0.15) is 43.6 Å². The van der Waals surface area contributed by atoms with Crippen LogP contribution in [0.5, 0.6) is 5.75 Å². The molecule has 2 aliphatic carbocycles. The van der Waals surface area contributed by atoms with Gasteiger partial charge in [0.1, 0.15) is 5.75 Å². The molecule has 1 aromatic carbocycles. The van der Waals surface area contributed by atoms with Gasteiger partial charge in [0.2, 0.25) is 11.8 Å². The number of hydrogen-bond donors (Lipinski definition) is 1. The van der Waals surface area contributed by atoms with Crippen LogP contribution in [0.4, 0.5) is 17.6 Å². The first-order valence-corrected chi connectivity index (χ1v) is 8.07. The molecular weight excluding hydrogens is 326 g/mol. The minimum Gasteiger partial charge on any atom is -0.435 e. The van der Waals surface area contributed by atoms with Crippen molar-refractivity contribution in [2.45, 2.75) is 56.6 Å². The molecule has 132 valence electrons. The number of halogens is 4. The highest BCUT2D eigenvalue weighted by atomic mass is 19.3. The first-order valence-electron chi connectivity index (χ1n) is 8.07. The molecule has 1 amide bonds. The van der Waals surface area contributed by atoms with E-state index in [2.05, 4.69) is 10.1 Å². The van der Waals surface area contributed by atoms with Crippen LogP contribution in [0.25, 0.3) is 0 Å². The Balaban J connectivity index is 1.51. The highest BCUT2D eigenvalue weighted by molar-refractivity contribution is 5.79. The average Bonchev–Trinajstić information content (AvgIpc) is 3.25. The fraction of sp³-hybridized carbons (Fsp3) is 0.588. The minimum atomic E-state index is -2.86. The van der Waals surface area contributed by atoms with Crippen molar-refractivity contribution in [3.05, 3.63) is 29.8 Å². The summed E-state index contributed by atoms with van der Waals surface area (Å²) in [5.41, 5.74) is 0.913. The Hall–Kier alpha value is -1.79. The minimum absolute atomic E-state index is 0.0742. The van der Waals surface area contributed by atoms with Crippen molar-refractivity contribution in [2.24, 2.45) is 5.92 Å². The summed E-state index contributed by atoms with van der Waals surface area (Å²) in [5.74, 6) is -3.50. The SMILES string of the molecule is O=C(N[C@@H]1C[C@H]1c1ccc(OC(F)F)cc1)C1CCCC(F)(F)C1. The van der Waals surface area contributed by atoms with Gasteiger partial charge in [0.25, 0.3) is 0 Å². The molecule has 0 aliphatic heterocycles. The van der Waals surface area contributed by atoms with Crippen molar-refractivity contribution in [1.82, 2.24) is 5.32 Å². The van der Waals surface area contributed by atoms with Crippen molar-refractivity contribution in [3.8, 4) is 5.75 Å². The van der Waals surface area contributed by atoms with Crippen molar-refractivity contribution in [1.29, 1.82) is 0 Å². The summed E-state index contributed by atoms with van der Waals surface area (Å²) in [6.45, 7) is -2.86. The molecule has 1 aromatic rings. The number of ether oxygens (including phenoxy) is 1. The van der Waals surface area contributed by atoms with E-state index in [1.165, 1.54) is 12.1 Å². The molecule has 24 heavy (non-hydrogen) atoms. The van der Waals surface area contributed by atoms with Gasteiger partial charge >= 0.3 is 6.61 Å². The Morgan fingerprint density at radius 1 is 1.25 bits per heavy atom. The zero-order chi connectivity index (χ0) is 17.3. The van der Waals surface area contributed by atoms with Gasteiger partial charge in [-0.2, -0.15) is 8.78 Å². The van der Waals surface area contributed by atoms with Gasteiger partial charge in [-0.15, -0.1) is 0 Å². The average molecular weight is 345 g/mol. The quantitative estimate of drug-likeness (QED) is 0.817. The predicted octanol–water partition coefficient (Wildman–Crippen LogP) is 4.09. The van der Waals surface area contributed by atoms with Crippen LogP contribution in [0.3, 0.4) is 0 Å². The van der Waals surface area contributed by atoms with Crippen molar-refractivity contribution < 1.29 is 27.1 Å². The van der Waals surface area contributed by atoms with Gasteiger partial charge in [-0.25, -0.2) is 8.78 Å². The third kappa shape index (κ3) is 4.19. The summed E-state index contributed by atoms with van der Waals surface area (Å²) in [6, 6.07) is 6.21. The van der Waals surface area contributed by atoms with Gasteiger partial charge in [0.15, 0.2) is 0 Å². The van der Waals surface area contributed by atoms with E-state index in [0.717, 1.165) is 12.0 Å². The van der Waals surface area contributed by atoms with Gasteiger partial charge in [-0.1, -0.05) is 12.1 Å². The fourth-order valence-corrected chi connectivity index (χ4v) is 3.32. The van der Waals surface area contributed by atoms with Gasteiger partial charge in [0, 0.05) is 30.7 Å². The zero-order valence-corrected chi connectivity index (χ0v) is 13.0. The number of amides is 1. The molecule has 0 heterocycles. The van der Waals surface area contributed by atoms with Crippen molar-refractivity contribution in [3.63, 3.8) is 0 Å². The van der Waals surface area contributed by atoms with E-state index in [1.807, 2.05) is 0 Å². The Morgan fingerprint density at radius 2 is 1.96 bits per heavy atom. The van der Waals surface area contributed by atoms with Crippen LogP contribution in [0, 0.1) is 5.92 Å². The first kappa shape index (κ1) is 17.0. The predicted molar refractivity (Wildman–Crippen MR) is 79.3 cm³/mol. The number of nitrogens with one attached hydrogen (secondary N) is 1. The molecule has 2 aliphatic rings. The Kier molecular flexibility index (Phi) is 4.69. The van der Waals surface area contributed by atoms with E-state index >= 15 is 0 Å². The van der Waals surface area contributed by atoms with Gasteiger partial charge in [-0.3, -0.25) is 4.79 Å². The molecule has 2 saturated carbocycles. The lowest BCUT2D eigenvalue weighted by Crippen LogP contribution is -2.38. The third-order valence-electron chi connectivity index (χ3n) is 4.66. The summed E-state index contributed by atoms with van der Waals surface area (Å²) in [4.78, 5) is 12.1. The molecule has 0 aromatic heterocycles. The Labute approximate surface area is 137 Å². The van der Waals surface area contributed by atoms with Crippen molar-refractivity contribution in [2.75, 3.05) is 0 Å². The van der Waals surface area contributed by atoms with E-state index in [1.54, 1.807) is 12.1 Å². The van der Waals surface area contributed by atoms with Gasteiger partial charge in [0.05, 0.1) is 0 Å². The largest absolute Gasteiger partial charge is 0.435 e. The molecule has 1 unspecified atom stereocenters. The topological polar surface area (TPSA) is 38.3 Å². The lowest BCUT2D eigenvalue weighted by molar-refractivity contribution is -0.132. The Morgan fingerprint density at radius 3 is 2.58 bits per heavy atom. The summed E-state index contributed by atoms with van der Waals surface area (Å²) in [6.07, 6.45) is 1.07. The smallest absolute Gasteiger partial charge is 0.387 e. The second kappa shape index (κ2) is 6.61. The van der Waals surface area contributed by atoms with Crippen LogP contribution in [0.15, 0.2) is 24.3 Å². The summed E-state index contributed by atoms with van der Waals surface area (Å²) in [5, 5.41) is 2.83. The molecule has 3 atom stereocenters. The molecule has 0 saturated heterocycles. The highest BCUT2D eigenvalue weighted by Crippen LogP contribution is 2.42. The molecule has 2 fully saturated rings. The third-order valence-corrected chi connectivity index (χ3v) is 4.66. The lowest BCUT2D eigenvalue weighted by Gasteiger charge is -2.28.